The summed E-state index contributed by atoms with van der Waals surface area (Å²) in [5.41, 5.74) is 4.23. The van der Waals surface area contributed by atoms with Crippen molar-refractivity contribution in [2.75, 3.05) is 5.32 Å². The molecule has 0 aliphatic heterocycles. The predicted octanol–water partition coefficient (Wildman–Crippen LogP) is 3.18. The second-order valence-electron chi connectivity index (χ2n) is 5.42. The lowest BCUT2D eigenvalue weighted by molar-refractivity contribution is 0.462. The van der Waals surface area contributed by atoms with Crippen LogP contribution in [0.3, 0.4) is 0 Å². The molecule has 0 aliphatic carbocycles. The fourth-order valence-corrected chi connectivity index (χ4v) is 3.27. The van der Waals surface area contributed by atoms with Gasteiger partial charge in [0, 0.05) is 34.9 Å². The van der Waals surface area contributed by atoms with Gasteiger partial charge in [0.15, 0.2) is 17.3 Å². The maximum Gasteiger partial charge on any atom is 0.211 e. The van der Waals surface area contributed by atoms with Crippen molar-refractivity contribution in [3.63, 3.8) is 0 Å². The van der Waals surface area contributed by atoms with E-state index < -0.39 is 0 Å². The molecule has 4 heterocycles. The molecule has 0 unspecified atom stereocenters. The number of H-pyrrole nitrogens is 1. The molecule has 4 aromatic heterocycles. The molecule has 122 valence electrons. The summed E-state index contributed by atoms with van der Waals surface area (Å²) in [4.78, 5) is 11.7. The molecule has 0 aliphatic rings. The molecule has 5 aromatic rings. The lowest BCUT2D eigenvalue weighted by Gasteiger charge is -2.09. The van der Waals surface area contributed by atoms with Crippen molar-refractivity contribution in [1.82, 2.24) is 29.5 Å². The first-order valence-corrected chi connectivity index (χ1v) is 8.33. The highest BCUT2D eigenvalue weighted by atomic mass is 32.1. The van der Waals surface area contributed by atoms with Crippen LogP contribution >= 0.6 is 11.3 Å². The number of imidazole rings is 1. The van der Waals surface area contributed by atoms with E-state index in [1.54, 1.807) is 24.1 Å². The quantitative estimate of drug-likeness (QED) is 0.462. The molecular weight excluding hydrogens is 338 g/mol. The molecule has 0 atom stereocenters. The summed E-state index contributed by atoms with van der Waals surface area (Å²) in [5, 5.41) is 23.1. The van der Waals surface area contributed by atoms with Gasteiger partial charge in [-0.1, -0.05) is 17.4 Å². The van der Waals surface area contributed by atoms with Gasteiger partial charge in [-0.05, 0) is 12.1 Å². The van der Waals surface area contributed by atoms with Gasteiger partial charge in [-0.25, -0.2) is 9.97 Å². The van der Waals surface area contributed by atoms with Gasteiger partial charge < -0.3 is 15.4 Å². The van der Waals surface area contributed by atoms with Crippen LogP contribution in [0.25, 0.3) is 27.7 Å². The van der Waals surface area contributed by atoms with Crippen molar-refractivity contribution in [3.05, 3.63) is 48.5 Å². The Hall–Kier alpha value is -3.46. The molecule has 3 N–H and O–H groups in total. The summed E-state index contributed by atoms with van der Waals surface area (Å²) < 4.78 is 1.96. The van der Waals surface area contributed by atoms with Gasteiger partial charge in [-0.15, -0.1) is 10.2 Å². The summed E-state index contributed by atoms with van der Waals surface area (Å²) in [6, 6.07) is 5.83. The molecular formula is C16H11N7OS. The minimum atomic E-state index is 0.170. The summed E-state index contributed by atoms with van der Waals surface area (Å²) in [7, 11) is 0. The average molecular weight is 349 g/mol. The second-order valence-corrected chi connectivity index (χ2v) is 6.25. The van der Waals surface area contributed by atoms with E-state index in [-0.39, 0.29) is 5.88 Å². The smallest absolute Gasteiger partial charge is 0.211 e. The average Bonchev–Trinajstić information content (AvgIpc) is 3.36. The Bertz CT molecular complexity index is 1190. The van der Waals surface area contributed by atoms with E-state index in [0.717, 1.165) is 22.0 Å². The number of hydrogen-bond acceptors (Lipinski definition) is 7. The van der Waals surface area contributed by atoms with Crippen molar-refractivity contribution in [3.8, 4) is 17.1 Å². The zero-order chi connectivity index (χ0) is 16.8. The van der Waals surface area contributed by atoms with Crippen molar-refractivity contribution < 1.29 is 5.11 Å². The second kappa shape index (κ2) is 5.28. The van der Waals surface area contributed by atoms with E-state index in [1.165, 1.54) is 11.3 Å². The molecule has 5 rings (SSSR count). The van der Waals surface area contributed by atoms with Crippen LogP contribution in [0.1, 0.15) is 0 Å². The van der Waals surface area contributed by atoms with Gasteiger partial charge in [0.2, 0.25) is 5.13 Å². The monoisotopic (exact) mass is 349 g/mol. The number of nitrogens with zero attached hydrogens (tertiary/aromatic N) is 5. The van der Waals surface area contributed by atoms with E-state index in [1.807, 2.05) is 28.8 Å². The van der Waals surface area contributed by atoms with E-state index in [0.29, 0.717) is 16.6 Å². The summed E-state index contributed by atoms with van der Waals surface area (Å²) >= 11 is 1.40. The Morgan fingerprint density at radius 3 is 3.08 bits per heavy atom. The SMILES string of the molecule is Oc1[nH]cc2cc(-c3cnc(Nc4nncs4)c4nccn34)ccc12. The summed E-state index contributed by atoms with van der Waals surface area (Å²) in [6.45, 7) is 0. The third-order valence-corrected chi connectivity index (χ3v) is 4.59. The largest absolute Gasteiger partial charge is 0.494 e. The first-order valence-electron chi connectivity index (χ1n) is 7.45. The molecule has 0 saturated carbocycles. The Kier molecular flexibility index (Phi) is 2.94. The Labute approximate surface area is 144 Å². The van der Waals surface area contributed by atoms with Gasteiger partial charge in [-0.3, -0.25) is 4.40 Å². The van der Waals surface area contributed by atoms with Crippen molar-refractivity contribution in [1.29, 1.82) is 0 Å². The lowest BCUT2D eigenvalue weighted by atomic mass is 10.1. The number of rotatable bonds is 3. The molecule has 1 aromatic carbocycles. The lowest BCUT2D eigenvalue weighted by Crippen LogP contribution is -2.00. The molecule has 25 heavy (non-hydrogen) atoms. The van der Waals surface area contributed by atoms with Crippen LogP contribution in [-0.4, -0.2) is 34.7 Å². The summed E-state index contributed by atoms with van der Waals surface area (Å²) in [5.74, 6) is 0.787. The fourth-order valence-electron chi connectivity index (χ4n) is 2.83. The Morgan fingerprint density at radius 2 is 2.20 bits per heavy atom. The van der Waals surface area contributed by atoms with E-state index in [2.05, 4.69) is 30.5 Å². The highest BCUT2D eigenvalue weighted by Gasteiger charge is 2.12. The molecule has 0 spiro atoms. The number of aromatic amines is 1. The van der Waals surface area contributed by atoms with E-state index >= 15 is 0 Å². The molecule has 0 radical (unpaired) electrons. The van der Waals surface area contributed by atoms with Gasteiger partial charge in [0.1, 0.15) is 5.51 Å². The van der Waals surface area contributed by atoms with Gasteiger partial charge in [-0.2, -0.15) is 0 Å². The molecule has 0 bridgehead atoms. The molecule has 9 heteroatoms. The number of benzene rings is 1. The van der Waals surface area contributed by atoms with Crippen LogP contribution in [0.2, 0.25) is 0 Å². The number of fused-ring (bicyclic) bond motifs is 2. The minimum absolute atomic E-state index is 0.170. The first kappa shape index (κ1) is 13.9. The van der Waals surface area contributed by atoms with Crippen LogP contribution in [0, 0.1) is 0 Å². The van der Waals surface area contributed by atoms with Crippen molar-refractivity contribution >= 4 is 38.7 Å². The normalized spacial score (nSPS) is 11.4. The third-order valence-electron chi connectivity index (χ3n) is 3.98. The first-order chi connectivity index (χ1) is 12.3. The number of aromatic nitrogens is 6. The predicted molar refractivity (Wildman–Crippen MR) is 95.1 cm³/mol. The van der Waals surface area contributed by atoms with E-state index in [4.69, 9.17) is 0 Å². The van der Waals surface area contributed by atoms with Gasteiger partial charge in [0.05, 0.1) is 11.9 Å². The maximum atomic E-state index is 9.77. The highest BCUT2D eigenvalue weighted by Crippen LogP contribution is 2.30. The molecule has 0 amide bonds. The van der Waals surface area contributed by atoms with Gasteiger partial charge in [0.25, 0.3) is 0 Å². The minimum Gasteiger partial charge on any atom is -0.494 e. The van der Waals surface area contributed by atoms with Crippen LogP contribution in [0.15, 0.2) is 48.5 Å². The Balaban J connectivity index is 1.65. The zero-order valence-corrected chi connectivity index (χ0v) is 13.5. The fraction of sp³-hybridized carbons (Fsp3) is 0. The maximum absolute atomic E-state index is 9.77. The van der Waals surface area contributed by atoms with Crippen LogP contribution < -0.4 is 5.32 Å². The Morgan fingerprint density at radius 1 is 1.24 bits per heavy atom. The van der Waals surface area contributed by atoms with E-state index in [9.17, 15) is 5.11 Å². The molecule has 0 fully saturated rings. The molecule has 0 saturated heterocycles. The number of nitrogens with one attached hydrogen (secondary N) is 2. The zero-order valence-electron chi connectivity index (χ0n) is 12.7. The summed E-state index contributed by atoms with van der Waals surface area (Å²) in [6.07, 6.45) is 7.17. The van der Waals surface area contributed by atoms with Crippen molar-refractivity contribution in [2.45, 2.75) is 0 Å². The standard InChI is InChI=1S/C16H11N7OS/c24-15-11-2-1-9(5-10(11)6-19-15)12-7-18-13(14-17-3-4-23(12)14)21-16-22-20-8-25-16/h1-8,19,24H,(H,18,21,22). The topological polar surface area (TPSA) is 104 Å². The highest BCUT2D eigenvalue weighted by molar-refractivity contribution is 7.13. The number of aromatic hydroxyl groups is 1. The van der Waals surface area contributed by atoms with Crippen LogP contribution in [0.5, 0.6) is 5.88 Å². The number of anilines is 2. The number of hydrogen-bond donors (Lipinski definition) is 3. The van der Waals surface area contributed by atoms with Crippen molar-refractivity contribution in [2.24, 2.45) is 0 Å². The van der Waals surface area contributed by atoms with Crippen LogP contribution in [0.4, 0.5) is 10.9 Å². The third kappa shape index (κ3) is 2.21. The van der Waals surface area contributed by atoms with Gasteiger partial charge >= 0.3 is 0 Å². The molecule has 8 nitrogen and oxygen atoms in total. The van der Waals surface area contributed by atoms with Crippen LogP contribution in [-0.2, 0) is 0 Å².